The molecule has 1 unspecified atom stereocenters. The molecule has 1 heterocycles. The second kappa shape index (κ2) is 3.44. The van der Waals surface area contributed by atoms with Crippen LogP contribution in [0.25, 0.3) is 0 Å². The topological polar surface area (TPSA) is 46.0 Å². The number of nitrogens with zero attached hydrogens (tertiary/aromatic N) is 2. The van der Waals surface area contributed by atoms with E-state index in [1.165, 1.54) is 0 Å². The molecule has 3 nitrogen and oxygen atoms in total. The van der Waals surface area contributed by atoms with Crippen molar-refractivity contribution in [3.05, 3.63) is 23.8 Å². The average molecular weight is 152 g/mol. The van der Waals surface area contributed by atoms with Crippen molar-refractivity contribution in [3.63, 3.8) is 0 Å². The molecule has 3 heteroatoms. The molecule has 0 amide bonds. The van der Waals surface area contributed by atoms with E-state index >= 15 is 0 Å². The zero-order chi connectivity index (χ0) is 8.27. The first kappa shape index (κ1) is 8.14. The molecular weight excluding hydrogens is 140 g/mol. The van der Waals surface area contributed by atoms with E-state index in [-0.39, 0.29) is 6.10 Å². The molecule has 0 aliphatic rings. The molecule has 0 saturated carbocycles. The Bertz CT molecular complexity index is 235. The fourth-order valence-corrected chi connectivity index (χ4v) is 0.916. The Kier molecular flexibility index (Phi) is 2.54. The van der Waals surface area contributed by atoms with Gasteiger partial charge in [-0.25, -0.2) is 0 Å². The lowest BCUT2D eigenvalue weighted by Crippen LogP contribution is -2.06. The molecule has 11 heavy (non-hydrogen) atoms. The second-order valence-electron chi connectivity index (χ2n) is 2.70. The van der Waals surface area contributed by atoms with Gasteiger partial charge in [0.25, 0.3) is 0 Å². The highest BCUT2D eigenvalue weighted by Gasteiger charge is 1.99. The maximum Gasteiger partial charge on any atom is 0.0615 e. The third kappa shape index (κ3) is 2.63. The van der Waals surface area contributed by atoms with Crippen LogP contribution >= 0.6 is 0 Å². The van der Waals surface area contributed by atoms with Crippen molar-refractivity contribution >= 4 is 0 Å². The van der Waals surface area contributed by atoms with Gasteiger partial charge in [-0.1, -0.05) is 0 Å². The maximum absolute atomic E-state index is 9.03. The van der Waals surface area contributed by atoms with Gasteiger partial charge in [-0.2, -0.15) is 0 Å². The van der Waals surface area contributed by atoms with E-state index in [4.69, 9.17) is 5.11 Å². The molecule has 60 valence electrons. The summed E-state index contributed by atoms with van der Waals surface area (Å²) >= 11 is 0. The highest BCUT2D eigenvalue weighted by Crippen LogP contribution is 1.98. The van der Waals surface area contributed by atoms with Crippen molar-refractivity contribution in [2.75, 3.05) is 0 Å². The number of hydrogen-bond acceptors (Lipinski definition) is 3. The monoisotopic (exact) mass is 152 g/mol. The molecule has 0 bridgehead atoms. The van der Waals surface area contributed by atoms with E-state index < -0.39 is 0 Å². The molecule has 0 aromatic carbocycles. The van der Waals surface area contributed by atoms with E-state index in [1.54, 1.807) is 19.3 Å². The van der Waals surface area contributed by atoms with Gasteiger partial charge in [-0.3, -0.25) is 9.97 Å². The lowest BCUT2D eigenvalue weighted by Gasteiger charge is -2.02. The normalized spacial score (nSPS) is 13.0. The summed E-state index contributed by atoms with van der Waals surface area (Å²) in [6.45, 7) is 3.63. The predicted octanol–water partition coefficient (Wildman–Crippen LogP) is 0.708. The van der Waals surface area contributed by atoms with E-state index in [2.05, 4.69) is 9.97 Å². The quantitative estimate of drug-likeness (QED) is 0.678. The van der Waals surface area contributed by atoms with Gasteiger partial charge in [0.2, 0.25) is 0 Å². The van der Waals surface area contributed by atoms with Gasteiger partial charge in [0, 0.05) is 18.8 Å². The van der Waals surface area contributed by atoms with Gasteiger partial charge in [-0.15, -0.1) is 0 Å². The first-order valence-electron chi connectivity index (χ1n) is 3.64. The third-order valence-corrected chi connectivity index (χ3v) is 1.31. The summed E-state index contributed by atoms with van der Waals surface area (Å²) in [5, 5.41) is 9.03. The average Bonchev–Trinajstić information content (AvgIpc) is 1.85. The molecule has 0 fully saturated rings. The standard InChI is InChI=1S/C8H12N2O/c1-6-4-9-5-8(10-6)3-7(2)11/h4-5,7,11H,3H2,1-2H3. The number of aliphatic hydroxyl groups excluding tert-OH is 1. The summed E-state index contributed by atoms with van der Waals surface area (Å²) in [7, 11) is 0. The number of aliphatic hydroxyl groups is 1. The molecule has 0 aliphatic carbocycles. The van der Waals surface area contributed by atoms with Crippen LogP contribution in [0.4, 0.5) is 0 Å². The lowest BCUT2D eigenvalue weighted by molar-refractivity contribution is 0.194. The Morgan fingerprint density at radius 1 is 1.55 bits per heavy atom. The SMILES string of the molecule is Cc1cncc(CC(C)O)n1. The number of aromatic nitrogens is 2. The van der Waals surface area contributed by atoms with Crippen LogP contribution in [0.15, 0.2) is 12.4 Å². The summed E-state index contributed by atoms with van der Waals surface area (Å²) in [5.41, 5.74) is 1.74. The van der Waals surface area contributed by atoms with Crippen molar-refractivity contribution in [2.45, 2.75) is 26.4 Å². The third-order valence-electron chi connectivity index (χ3n) is 1.31. The van der Waals surface area contributed by atoms with Crippen LogP contribution in [-0.4, -0.2) is 21.2 Å². The van der Waals surface area contributed by atoms with E-state index in [0.717, 1.165) is 11.4 Å². The summed E-state index contributed by atoms with van der Waals surface area (Å²) < 4.78 is 0. The molecule has 0 saturated heterocycles. The van der Waals surface area contributed by atoms with Crippen molar-refractivity contribution in [3.8, 4) is 0 Å². The summed E-state index contributed by atoms with van der Waals surface area (Å²) in [6.07, 6.45) is 3.62. The Morgan fingerprint density at radius 2 is 2.27 bits per heavy atom. The van der Waals surface area contributed by atoms with Crippen LogP contribution in [0.1, 0.15) is 18.3 Å². The van der Waals surface area contributed by atoms with Crippen LogP contribution in [0.5, 0.6) is 0 Å². The Hall–Kier alpha value is -0.960. The highest BCUT2D eigenvalue weighted by molar-refractivity contribution is 5.02. The Labute approximate surface area is 66.1 Å². The minimum absolute atomic E-state index is 0.342. The van der Waals surface area contributed by atoms with Crippen molar-refractivity contribution in [1.82, 2.24) is 9.97 Å². The van der Waals surface area contributed by atoms with Gasteiger partial charge in [0.1, 0.15) is 0 Å². The van der Waals surface area contributed by atoms with Crippen molar-refractivity contribution in [1.29, 1.82) is 0 Å². The van der Waals surface area contributed by atoms with Gasteiger partial charge < -0.3 is 5.11 Å². The molecule has 0 spiro atoms. The minimum atomic E-state index is -0.342. The molecule has 0 aliphatic heterocycles. The first-order valence-corrected chi connectivity index (χ1v) is 3.64. The zero-order valence-corrected chi connectivity index (χ0v) is 6.78. The molecule has 1 aromatic heterocycles. The predicted molar refractivity (Wildman–Crippen MR) is 42.2 cm³/mol. The molecular formula is C8H12N2O. The van der Waals surface area contributed by atoms with E-state index in [9.17, 15) is 0 Å². The van der Waals surface area contributed by atoms with Crippen molar-refractivity contribution < 1.29 is 5.11 Å². The van der Waals surface area contributed by atoms with Crippen LogP contribution in [0.3, 0.4) is 0 Å². The Morgan fingerprint density at radius 3 is 2.82 bits per heavy atom. The lowest BCUT2D eigenvalue weighted by atomic mass is 10.2. The first-order chi connectivity index (χ1) is 5.18. The van der Waals surface area contributed by atoms with Crippen LogP contribution < -0.4 is 0 Å². The van der Waals surface area contributed by atoms with Gasteiger partial charge in [0.15, 0.2) is 0 Å². The molecule has 1 aromatic rings. The van der Waals surface area contributed by atoms with E-state index in [0.29, 0.717) is 6.42 Å². The van der Waals surface area contributed by atoms with Crippen LogP contribution in [0.2, 0.25) is 0 Å². The summed E-state index contributed by atoms with van der Waals surface area (Å²) in [5.74, 6) is 0. The maximum atomic E-state index is 9.03. The van der Waals surface area contributed by atoms with Gasteiger partial charge in [0.05, 0.1) is 17.5 Å². The molecule has 1 N–H and O–H groups in total. The number of rotatable bonds is 2. The Balaban J connectivity index is 2.71. The minimum Gasteiger partial charge on any atom is -0.393 e. The molecule has 1 rings (SSSR count). The van der Waals surface area contributed by atoms with E-state index in [1.807, 2.05) is 6.92 Å². The fourth-order valence-electron chi connectivity index (χ4n) is 0.916. The van der Waals surface area contributed by atoms with Crippen LogP contribution in [-0.2, 0) is 6.42 Å². The van der Waals surface area contributed by atoms with Gasteiger partial charge >= 0.3 is 0 Å². The summed E-state index contributed by atoms with van der Waals surface area (Å²) in [6, 6.07) is 0. The van der Waals surface area contributed by atoms with Crippen LogP contribution in [0, 0.1) is 6.92 Å². The largest absolute Gasteiger partial charge is 0.393 e. The highest BCUT2D eigenvalue weighted by atomic mass is 16.3. The fraction of sp³-hybridized carbons (Fsp3) is 0.500. The van der Waals surface area contributed by atoms with Crippen molar-refractivity contribution in [2.24, 2.45) is 0 Å². The molecule has 0 radical (unpaired) electrons. The number of aryl methyl sites for hydroxylation is 1. The smallest absolute Gasteiger partial charge is 0.0615 e. The number of hydrogen-bond donors (Lipinski definition) is 1. The zero-order valence-electron chi connectivity index (χ0n) is 6.78. The summed E-state index contributed by atoms with van der Waals surface area (Å²) in [4.78, 5) is 8.15. The molecule has 1 atom stereocenters. The van der Waals surface area contributed by atoms with Gasteiger partial charge in [-0.05, 0) is 13.8 Å². The second-order valence-corrected chi connectivity index (χ2v) is 2.70.